The third-order valence-corrected chi connectivity index (χ3v) is 4.49. The summed E-state index contributed by atoms with van der Waals surface area (Å²) in [6.45, 7) is 0. The van der Waals surface area contributed by atoms with Gasteiger partial charge < -0.3 is 0 Å². The van der Waals surface area contributed by atoms with E-state index in [1.807, 2.05) is 24.3 Å². The Hall–Kier alpha value is -1.44. The second kappa shape index (κ2) is 5.06. The van der Waals surface area contributed by atoms with Crippen molar-refractivity contribution < 1.29 is 4.74 Å². The first-order chi connectivity index (χ1) is 7.79. The number of hydrogen-bond acceptors (Lipinski definition) is 2. The normalized spacial score (nSPS) is 10.1. The van der Waals surface area contributed by atoms with Crippen LogP contribution in [0.5, 0.6) is 5.75 Å². The van der Waals surface area contributed by atoms with E-state index >= 15 is 0 Å². The molecule has 0 amide bonds. The molecule has 0 saturated carbocycles. The molecule has 0 fully saturated rings. The molecule has 0 radical (unpaired) electrons. The molecule has 0 saturated heterocycles. The van der Waals surface area contributed by atoms with E-state index in [0.717, 1.165) is 11.4 Å². The number of methoxy groups -OCH3 is 1. The standard InChI is InChI=1S/C13H13NOSe/c1-15-10-7-8-13(12(14)9-10)16-11-5-3-2-4-6-11/h2-9H,14H2,1H3. The zero-order valence-corrected chi connectivity index (χ0v) is 10.7. The molecule has 82 valence electrons. The van der Waals surface area contributed by atoms with Crippen LogP contribution in [0.3, 0.4) is 0 Å². The number of nitrogen functional groups attached to an aromatic ring is 1. The Balaban J connectivity index is 2.22. The van der Waals surface area contributed by atoms with Crippen LogP contribution in [-0.2, 0) is 0 Å². The topological polar surface area (TPSA) is 35.2 Å². The predicted octanol–water partition coefficient (Wildman–Crippen LogP) is 0.932. The number of benzene rings is 2. The molecule has 0 unspecified atom stereocenters. The molecule has 2 aromatic carbocycles. The van der Waals surface area contributed by atoms with E-state index in [2.05, 4.69) is 24.3 Å². The first-order valence-electron chi connectivity index (χ1n) is 4.96. The third kappa shape index (κ3) is 2.57. The van der Waals surface area contributed by atoms with Crippen molar-refractivity contribution in [3.05, 3.63) is 48.5 Å². The van der Waals surface area contributed by atoms with Gasteiger partial charge in [-0.1, -0.05) is 0 Å². The van der Waals surface area contributed by atoms with Gasteiger partial charge in [-0.25, -0.2) is 0 Å². The summed E-state index contributed by atoms with van der Waals surface area (Å²) < 4.78 is 7.65. The minimum absolute atomic E-state index is 0.262. The van der Waals surface area contributed by atoms with Gasteiger partial charge in [-0.2, -0.15) is 0 Å². The van der Waals surface area contributed by atoms with Gasteiger partial charge in [0.15, 0.2) is 0 Å². The first kappa shape index (κ1) is 11.1. The van der Waals surface area contributed by atoms with E-state index < -0.39 is 0 Å². The Bertz CT molecular complexity index is 471. The molecule has 2 N–H and O–H groups in total. The van der Waals surface area contributed by atoms with E-state index in [-0.39, 0.29) is 15.0 Å². The molecular weight excluding hydrogens is 265 g/mol. The van der Waals surface area contributed by atoms with E-state index in [4.69, 9.17) is 10.5 Å². The monoisotopic (exact) mass is 279 g/mol. The van der Waals surface area contributed by atoms with Gasteiger partial charge in [-0.15, -0.1) is 0 Å². The minimum atomic E-state index is 0.262. The molecule has 0 aliphatic carbocycles. The van der Waals surface area contributed by atoms with Crippen molar-refractivity contribution in [1.29, 1.82) is 0 Å². The number of ether oxygens (including phenoxy) is 1. The number of hydrogen-bond donors (Lipinski definition) is 1. The van der Waals surface area contributed by atoms with Gasteiger partial charge in [-0.05, 0) is 0 Å². The Kier molecular flexibility index (Phi) is 3.50. The van der Waals surface area contributed by atoms with Crippen molar-refractivity contribution >= 4 is 29.6 Å². The van der Waals surface area contributed by atoms with E-state index in [0.29, 0.717) is 0 Å². The Morgan fingerprint density at radius 1 is 1.06 bits per heavy atom. The molecule has 0 aliphatic heterocycles. The Morgan fingerprint density at radius 2 is 1.81 bits per heavy atom. The molecular formula is C13H13NOSe. The van der Waals surface area contributed by atoms with Crippen molar-refractivity contribution in [3.63, 3.8) is 0 Å². The second-order valence-electron chi connectivity index (χ2n) is 3.32. The predicted molar refractivity (Wildman–Crippen MR) is 68.9 cm³/mol. The van der Waals surface area contributed by atoms with Crippen LogP contribution in [0.2, 0.25) is 0 Å². The van der Waals surface area contributed by atoms with Crippen molar-refractivity contribution in [2.75, 3.05) is 12.8 Å². The summed E-state index contributed by atoms with van der Waals surface area (Å²) in [5.41, 5.74) is 6.79. The number of nitrogens with two attached hydrogens (primary N) is 1. The molecule has 2 nitrogen and oxygen atoms in total. The zero-order valence-electron chi connectivity index (χ0n) is 9.01. The average molecular weight is 278 g/mol. The summed E-state index contributed by atoms with van der Waals surface area (Å²) in [6, 6.07) is 16.3. The van der Waals surface area contributed by atoms with Gasteiger partial charge in [0.05, 0.1) is 0 Å². The molecule has 16 heavy (non-hydrogen) atoms. The Labute approximate surface area is 102 Å². The first-order valence-corrected chi connectivity index (χ1v) is 6.67. The van der Waals surface area contributed by atoms with Crippen LogP contribution in [0.1, 0.15) is 0 Å². The molecule has 2 rings (SSSR count). The van der Waals surface area contributed by atoms with Crippen LogP contribution >= 0.6 is 0 Å². The summed E-state index contributed by atoms with van der Waals surface area (Å²) in [5.74, 6) is 0.810. The van der Waals surface area contributed by atoms with Crippen LogP contribution in [-0.4, -0.2) is 22.1 Å². The van der Waals surface area contributed by atoms with Crippen LogP contribution in [0.25, 0.3) is 0 Å². The fourth-order valence-corrected chi connectivity index (χ4v) is 3.17. The van der Waals surface area contributed by atoms with Gasteiger partial charge in [0, 0.05) is 0 Å². The quantitative estimate of drug-likeness (QED) is 0.669. The molecule has 2 aromatic rings. The molecule has 3 heteroatoms. The molecule has 0 atom stereocenters. The van der Waals surface area contributed by atoms with Gasteiger partial charge in [-0.3, -0.25) is 0 Å². The molecule has 0 spiro atoms. The maximum absolute atomic E-state index is 5.98. The van der Waals surface area contributed by atoms with Gasteiger partial charge in [0.1, 0.15) is 0 Å². The number of anilines is 1. The third-order valence-electron chi connectivity index (χ3n) is 2.19. The molecule has 0 bridgehead atoms. The number of rotatable bonds is 3. The van der Waals surface area contributed by atoms with E-state index in [9.17, 15) is 0 Å². The fraction of sp³-hybridized carbons (Fsp3) is 0.0769. The van der Waals surface area contributed by atoms with Gasteiger partial charge in [0.2, 0.25) is 0 Å². The summed E-state index contributed by atoms with van der Waals surface area (Å²) in [4.78, 5) is 0. The van der Waals surface area contributed by atoms with Crippen molar-refractivity contribution in [2.45, 2.75) is 0 Å². The summed E-state index contributed by atoms with van der Waals surface area (Å²) in [5, 5.41) is 0. The van der Waals surface area contributed by atoms with E-state index in [1.165, 1.54) is 8.92 Å². The van der Waals surface area contributed by atoms with Crippen LogP contribution in [0.15, 0.2) is 48.5 Å². The second-order valence-corrected chi connectivity index (χ2v) is 5.66. The van der Waals surface area contributed by atoms with Gasteiger partial charge >= 0.3 is 101 Å². The average Bonchev–Trinajstić information content (AvgIpc) is 2.33. The van der Waals surface area contributed by atoms with Gasteiger partial charge in [0.25, 0.3) is 0 Å². The molecule has 0 aliphatic rings. The summed E-state index contributed by atoms with van der Waals surface area (Å²) in [7, 11) is 1.65. The van der Waals surface area contributed by atoms with Crippen molar-refractivity contribution in [1.82, 2.24) is 0 Å². The van der Waals surface area contributed by atoms with Crippen LogP contribution in [0, 0.1) is 0 Å². The van der Waals surface area contributed by atoms with E-state index in [1.54, 1.807) is 7.11 Å². The molecule has 0 aromatic heterocycles. The maximum atomic E-state index is 5.98. The summed E-state index contributed by atoms with van der Waals surface area (Å²) in [6.07, 6.45) is 0. The van der Waals surface area contributed by atoms with Crippen molar-refractivity contribution in [3.8, 4) is 5.75 Å². The Morgan fingerprint density at radius 3 is 2.44 bits per heavy atom. The SMILES string of the molecule is COc1ccc([Se]c2ccccc2)c(N)c1. The summed E-state index contributed by atoms with van der Waals surface area (Å²) >= 11 is 0.262. The van der Waals surface area contributed by atoms with Crippen LogP contribution < -0.4 is 19.4 Å². The molecule has 0 heterocycles. The van der Waals surface area contributed by atoms with Crippen molar-refractivity contribution in [2.24, 2.45) is 0 Å². The fourth-order valence-electron chi connectivity index (χ4n) is 1.36. The zero-order chi connectivity index (χ0) is 11.4. The van der Waals surface area contributed by atoms with Crippen LogP contribution in [0.4, 0.5) is 5.69 Å².